The van der Waals surface area contributed by atoms with E-state index >= 15 is 0 Å². The van der Waals surface area contributed by atoms with E-state index in [1.54, 1.807) is 32.9 Å². The van der Waals surface area contributed by atoms with E-state index in [0.29, 0.717) is 24.3 Å². The van der Waals surface area contributed by atoms with Crippen LogP contribution in [0.3, 0.4) is 0 Å². The van der Waals surface area contributed by atoms with Gasteiger partial charge in [0.1, 0.15) is 11.4 Å². The minimum Gasteiger partial charge on any atom is -0.444 e. The van der Waals surface area contributed by atoms with E-state index in [0.717, 1.165) is 0 Å². The maximum Gasteiger partial charge on any atom is 0.412 e. The van der Waals surface area contributed by atoms with Gasteiger partial charge in [-0.25, -0.2) is 9.18 Å². The van der Waals surface area contributed by atoms with Crippen LogP contribution in [0.5, 0.6) is 0 Å². The Kier molecular flexibility index (Phi) is 3.75. The Labute approximate surface area is 111 Å². The molecule has 104 valence electrons. The van der Waals surface area contributed by atoms with E-state index in [1.807, 2.05) is 0 Å². The Hall–Kier alpha value is -1.62. The van der Waals surface area contributed by atoms with Gasteiger partial charge >= 0.3 is 6.09 Å². The number of hydrogen-bond acceptors (Lipinski definition) is 3. The third-order valence-electron chi connectivity index (χ3n) is 2.55. The number of halogens is 1. The molecule has 0 saturated carbocycles. The number of carbonyl (C=O) groups excluding carboxylic acids is 1. The molecule has 0 bridgehead atoms. The van der Waals surface area contributed by atoms with Crippen molar-refractivity contribution in [3.63, 3.8) is 0 Å². The van der Waals surface area contributed by atoms with Gasteiger partial charge in [-0.15, -0.1) is 0 Å². The van der Waals surface area contributed by atoms with Gasteiger partial charge < -0.3 is 9.47 Å². The quantitative estimate of drug-likeness (QED) is 0.856. The molecule has 0 aliphatic carbocycles. The number of rotatable bonds is 3. The highest BCUT2D eigenvalue weighted by atomic mass is 19.1. The summed E-state index contributed by atoms with van der Waals surface area (Å²) in [5.41, 5.74) is 0.399. The molecule has 1 amide bonds. The van der Waals surface area contributed by atoms with E-state index in [-0.39, 0.29) is 11.9 Å². The second-order valence-electron chi connectivity index (χ2n) is 5.59. The highest BCUT2D eigenvalue weighted by molar-refractivity contribution is 5.84. The van der Waals surface area contributed by atoms with E-state index in [4.69, 9.17) is 9.47 Å². The molecule has 19 heavy (non-hydrogen) atoms. The highest BCUT2D eigenvalue weighted by Gasteiger charge is 2.24. The van der Waals surface area contributed by atoms with Crippen molar-refractivity contribution in [2.45, 2.75) is 38.9 Å². The summed E-state index contributed by atoms with van der Waals surface area (Å²) in [4.78, 5) is 11.5. The number of ether oxygens (including phenoxy) is 2. The predicted octanol–water partition coefficient (Wildman–Crippen LogP) is 3.11. The Morgan fingerprint density at radius 3 is 2.74 bits per heavy atom. The third kappa shape index (κ3) is 4.52. The Balaban J connectivity index is 1.97. The molecule has 1 N–H and O–H groups in total. The van der Waals surface area contributed by atoms with Gasteiger partial charge in [0.15, 0.2) is 0 Å². The molecule has 1 aliphatic rings. The molecule has 1 aromatic carbocycles. The van der Waals surface area contributed by atoms with Gasteiger partial charge in [0, 0.05) is 12.1 Å². The molecule has 1 saturated heterocycles. The fourth-order valence-electron chi connectivity index (χ4n) is 1.64. The number of amides is 1. The number of hydrogen-bond donors (Lipinski definition) is 1. The second-order valence-corrected chi connectivity index (χ2v) is 5.59. The van der Waals surface area contributed by atoms with Crippen molar-refractivity contribution >= 4 is 11.8 Å². The minimum atomic E-state index is -0.592. The number of benzene rings is 1. The van der Waals surface area contributed by atoms with Gasteiger partial charge in [0.2, 0.25) is 0 Å². The predicted molar refractivity (Wildman–Crippen MR) is 69.7 cm³/mol. The lowest BCUT2D eigenvalue weighted by atomic mass is 10.1. The standard InChI is InChI=1S/C14H18FNO3/c1-14(2,3)19-13(17)16-10-5-4-9(12(15)7-10)6-11-8-18-11/h4-5,7,11H,6,8H2,1-3H3,(H,16,17). The van der Waals surface area contributed by atoms with Gasteiger partial charge in [-0.3, -0.25) is 5.32 Å². The first-order valence-electron chi connectivity index (χ1n) is 6.23. The number of carbonyl (C=O) groups is 1. The summed E-state index contributed by atoms with van der Waals surface area (Å²) in [6.45, 7) is 6.00. The molecule has 1 unspecified atom stereocenters. The van der Waals surface area contributed by atoms with Gasteiger partial charge in [0.05, 0.1) is 12.7 Å². The monoisotopic (exact) mass is 267 g/mol. The molecule has 4 nitrogen and oxygen atoms in total. The summed E-state index contributed by atoms with van der Waals surface area (Å²) in [6.07, 6.45) is 0.114. The molecule has 1 aromatic rings. The van der Waals surface area contributed by atoms with Crippen LogP contribution in [0.25, 0.3) is 0 Å². The summed E-state index contributed by atoms with van der Waals surface area (Å²) >= 11 is 0. The van der Waals surface area contributed by atoms with Crippen LogP contribution in [0.4, 0.5) is 14.9 Å². The van der Waals surface area contributed by atoms with Crippen LogP contribution in [0.15, 0.2) is 18.2 Å². The maximum atomic E-state index is 13.8. The number of anilines is 1. The summed E-state index contributed by atoms with van der Waals surface area (Å²) in [7, 11) is 0. The summed E-state index contributed by atoms with van der Waals surface area (Å²) in [5, 5.41) is 2.50. The molecular weight excluding hydrogens is 249 g/mol. The summed E-state index contributed by atoms with van der Waals surface area (Å²) in [6, 6.07) is 4.61. The van der Waals surface area contributed by atoms with Gasteiger partial charge in [-0.2, -0.15) is 0 Å². The topological polar surface area (TPSA) is 50.9 Å². The Morgan fingerprint density at radius 1 is 1.53 bits per heavy atom. The average molecular weight is 267 g/mol. The molecular formula is C14H18FNO3. The second kappa shape index (κ2) is 5.17. The molecule has 0 spiro atoms. The van der Waals surface area contributed by atoms with Crippen molar-refractivity contribution in [1.82, 2.24) is 0 Å². The zero-order valence-electron chi connectivity index (χ0n) is 11.3. The zero-order chi connectivity index (χ0) is 14.0. The van der Waals surface area contributed by atoms with Crippen molar-refractivity contribution in [2.24, 2.45) is 0 Å². The smallest absolute Gasteiger partial charge is 0.412 e. The molecule has 1 heterocycles. The van der Waals surface area contributed by atoms with Crippen molar-refractivity contribution in [1.29, 1.82) is 0 Å². The van der Waals surface area contributed by atoms with Crippen LogP contribution in [0, 0.1) is 5.82 Å². The molecule has 0 radical (unpaired) electrons. The first-order valence-corrected chi connectivity index (χ1v) is 6.23. The average Bonchev–Trinajstić information content (AvgIpc) is 3.03. The molecule has 1 aliphatic heterocycles. The number of epoxide rings is 1. The summed E-state index contributed by atoms with van der Waals surface area (Å²) in [5.74, 6) is -0.343. The lowest BCUT2D eigenvalue weighted by Gasteiger charge is -2.19. The lowest BCUT2D eigenvalue weighted by Crippen LogP contribution is -2.27. The SMILES string of the molecule is CC(C)(C)OC(=O)Nc1ccc(CC2CO2)c(F)c1. The fraction of sp³-hybridized carbons (Fsp3) is 0.500. The van der Waals surface area contributed by atoms with Gasteiger partial charge in [0.25, 0.3) is 0 Å². The van der Waals surface area contributed by atoms with Crippen molar-refractivity contribution in [3.8, 4) is 0 Å². The largest absolute Gasteiger partial charge is 0.444 e. The Bertz CT molecular complexity index is 478. The molecule has 0 aromatic heterocycles. The van der Waals surface area contributed by atoms with Crippen molar-refractivity contribution in [2.75, 3.05) is 11.9 Å². The Morgan fingerprint density at radius 2 is 2.21 bits per heavy atom. The third-order valence-corrected chi connectivity index (χ3v) is 2.55. The van der Waals surface area contributed by atoms with Crippen LogP contribution < -0.4 is 5.32 Å². The first kappa shape index (κ1) is 13.8. The molecule has 1 atom stereocenters. The fourth-order valence-corrected chi connectivity index (χ4v) is 1.64. The van der Waals surface area contributed by atoms with Gasteiger partial charge in [-0.05, 0) is 38.5 Å². The van der Waals surface area contributed by atoms with Gasteiger partial charge in [-0.1, -0.05) is 6.07 Å². The van der Waals surface area contributed by atoms with Crippen LogP contribution >= 0.6 is 0 Å². The van der Waals surface area contributed by atoms with Crippen molar-refractivity contribution in [3.05, 3.63) is 29.6 Å². The van der Waals surface area contributed by atoms with Crippen molar-refractivity contribution < 1.29 is 18.7 Å². The molecule has 2 rings (SSSR count). The number of nitrogens with one attached hydrogen (secondary N) is 1. The zero-order valence-corrected chi connectivity index (χ0v) is 11.3. The van der Waals surface area contributed by atoms with E-state index in [1.165, 1.54) is 6.07 Å². The lowest BCUT2D eigenvalue weighted by molar-refractivity contribution is 0.0636. The minimum absolute atomic E-state index is 0.138. The molecule has 5 heteroatoms. The van der Waals surface area contributed by atoms with E-state index < -0.39 is 11.7 Å². The highest BCUT2D eigenvalue weighted by Crippen LogP contribution is 2.21. The summed E-state index contributed by atoms with van der Waals surface area (Å²) < 4.78 is 23.9. The van der Waals surface area contributed by atoms with Crippen LogP contribution in [0.2, 0.25) is 0 Å². The van der Waals surface area contributed by atoms with Crippen LogP contribution in [0.1, 0.15) is 26.3 Å². The van der Waals surface area contributed by atoms with Crippen LogP contribution in [-0.4, -0.2) is 24.4 Å². The molecule has 1 fully saturated rings. The van der Waals surface area contributed by atoms with Crippen LogP contribution in [-0.2, 0) is 15.9 Å². The normalized spacial score (nSPS) is 18.0. The first-order chi connectivity index (χ1) is 8.83. The maximum absolute atomic E-state index is 13.8. The van der Waals surface area contributed by atoms with E-state index in [9.17, 15) is 9.18 Å². The van der Waals surface area contributed by atoms with E-state index in [2.05, 4.69) is 5.32 Å².